The minimum atomic E-state index is -1.65. The highest BCUT2D eigenvalue weighted by molar-refractivity contribution is 5.85. The second kappa shape index (κ2) is 12.8. The van der Waals surface area contributed by atoms with Crippen LogP contribution in [0.1, 0.15) is 78.6 Å². The third kappa shape index (κ3) is 5.42. The van der Waals surface area contributed by atoms with Gasteiger partial charge in [-0.3, -0.25) is 0 Å². The average Bonchev–Trinajstić information content (AvgIpc) is 3.61. The molecule has 0 aromatic carbocycles. The maximum absolute atomic E-state index is 12.5. The van der Waals surface area contributed by atoms with Gasteiger partial charge in [-0.2, -0.15) is 0 Å². The molecule has 0 radical (unpaired) electrons. The fraction of sp³-hybridized carbons (Fsp3) is 0.914. The molecule has 0 unspecified atom stereocenters. The Labute approximate surface area is 281 Å². The molecule has 7 rings (SSSR count). The Morgan fingerprint density at radius 2 is 1.56 bits per heavy atom. The molecule has 7 aliphatic rings. The molecule has 13 heteroatoms. The van der Waals surface area contributed by atoms with Gasteiger partial charge in [-0.1, -0.05) is 13.8 Å². The molecule has 6 fully saturated rings. The average molecular weight is 683 g/mol. The summed E-state index contributed by atoms with van der Waals surface area (Å²) in [5.41, 5.74) is 0.00280. The summed E-state index contributed by atoms with van der Waals surface area (Å²) < 4.78 is 28.8. The molecule has 7 N–H and O–H groups in total. The number of ether oxygens (including phenoxy) is 5. The Morgan fingerprint density at radius 1 is 0.833 bits per heavy atom. The van der Waals surface area contributed by atoms with Gasteiger partial charge in [0.2, 0.25) is 0 Å². The van der Waals surface area contributed by atoms with E-state index >= 15 is 0 Å². The van der Waals surface area contributed by atoms with Gasteiger partial charge in [0.1, 0.15) is 49.3 Å². The van der Waals surface area contributed by atoms with E-state index in [0.29, 0.717) is 18.4 Å². The Bertz CT molecular complexity index is 1240. The van der Waals surface area contributed by atoms with Crippen LogP contribution in [0.5, 0.6) is 0 Å². The summed E-state index contributed by atoms with van der Waals surface area (Å²) in [6.07, 6.45) is -4.12. The van der Waals surface area contributed by atoms with Gasteiger partial charge in [0.05, 0.1) is 24.4 Å². The van der Waals surface area contributed by atoms with Gasteiger partial charge in [0.15, 0.2) is 12.6 Å². The van der Waals surface area contributed by atoms with E-state index in [1.165, 1.54) is 0 Å². The molecule has 3 aliphatic heterocycles. The molecule has 0 aromatic heterocycles. The van der Waals surface area contributed by atoms with Crippen molar-refractivity contribution < 1.29 is 64.2 Å². The monoisotopic (exact) mass is 682 g/mol. The predicted molar refractivity (Wildman–Crippen MR) is 166 cm³/mol. The second-order valence-electron chi connectivity index (χ2n) is 16.3. The maximum atomic E-state index is 12.5. The molecule has 0 bridgehead atoms. The molecule has 4 aliphatic carbocycles. The van der Waals surface area contributed by atoms with Crippen molar-refractivity contribution in [1.29, 1.82) is 0 Å². The van der Waals surface area contributed by atoms with Gasteiger partial charge in [-0.25, -0.2) is 4.79 Å². The Kier molecular flexibility index (Phi) is 9.36. The largest absolute Gasteiger partial charge is 0.458 e. The minimum Gasteiger partial charge on any atom is -0.458 e. The minimum absolute atomic E-state index is 0.0345. The molecule has 0 amide bonds. The Morgan fingerprint density at radius 3 is 2.27 bits per heavy atom. The number of carbonyl (C=O) groups is 1. The quantitative estimate of drug-likeness (QED) is 0.149. The van der Waals surface area contributed by atoms with Crippen molar-refractivity contribution in [3.8, 4) is 0 Å². The van der Waals surface area contributed by atoms with Crippen LogP contribution in [0.3, 0.4) is 0 Å². The second-order valence-corrected chi connectivity index (χ2v) is 16.3. The van der Waals surface area contributed by atoms with Crippen LogP contribution in [0.15, 0.2) is 11.6 Å². The SMILES string of the molecule is C[C@H]1O[C@@H](O[C@H]2CC[C@@]3(C)[C@@H](CC[C@@H]4[C@H]3CC[C@]3(C)[C@@H](C5=CC(=O)OC5)CC[C@]43O)C2)[C@H](O)[C@@H](O)[C@@H]1O[C@@H]1O[C@H](CO)[C@@H](O)[C@H](O)[C@H]1O. The number of cyclic esters (lactones) is 1. The van der Waals surface area contributed by atoms with E-state index in [-0.39, 0.29) is 34.7 Å². The summed E-state index contributed by atoms with van der Waals surface area (Å²) in [5, 5.41) is 74.7. The normalized spacial score (nSPS) is 55.3. The lowest BCUT2D eigenvalue weighted by atomic mass is 9.43. The summed E-state index contributed by atoms with van der Waals surface area (Å²) in [7, 11) is 0. The van der Waals surface area contributed by atoms with Gasteiger partial charge in [0, 0.05) is 11.5 Å². The van der Waals surface area contributed by atoms with Crippen molar-refractivity contribution in [3.05, 3.63) is 11.6 Å². The lowest BCUT2D eigenvalue weighted by molar-refractivity contribution is -0.360. The van der Waals surface area contributed by atoms with Gasteiger partial charge in [0.25, 0.3) is 0 Å². The van der Waals surface area contributed by atoms with Crippen molar-refractivity contribution in [2.24, 2.45) is 34.5 Å². The van der Waals surface area contributed by atoms with Gasteiger partial charge < -0.3 is 59.4 Å². The number of aliphatic hydroxyl groups excluding tert-OH is 6. The van der Waals surface area contributed by atoms with E-state index in [4.69, 9.17) is 23.7 Å². The van der Waals surface area contributed by atoms with Crippen LogP contribution in [0.2, 0.25) is 0 Å². The van der Waals surface area contributed by atoms with Gasteiger partial charge in [-0.05, 0) is 99.4 Å². The standard InChI is InChI=1S/C35H54O13/c1-16-30(48-32-28(41)26(39)25(38)23(14-36)47-32)27(40)29(42)31(45-16)46-19-6-9-33(2)18(13-19)4-5-22-21(33)7-10-34(3)20(8-11-35(22,34)43)17-12-24(37)44-15-17/h12,16,18-23,25-32,36,38-43H,4-11,13-15H2,1-3H3/t16-,18+,19+,20-,21-,22-,23-,25-,26+,27-,28-,29-,30-,31+,32+,33+,34-,35+/m1/s1. The lowest BCUT2D eigenvalue weighted by Crippen LogP contribution is -2.64. The molecule has 2 saturated heterocycles. The van der Waals surface area contributed by atoms with E-state index in [1.807, 2.05) is 0 Å². The maximum Gasteiger partial charge on any atom is 0.331 e. The van der Waals surface area contributed by atoms with E-state index in [9.17, 15) is 40.5 Å². The van der Waals surface area contributed by atoms with E-state index in [1.54, 1.807) is 13.0 Å². The third-order valence-corrected chi connectivity index (χ3v) is 14.2. The number of aliphatic hydroxyl groups is 7. The molecule has 272 valence electrons. The van der Waals surface area contributed by atoms with Crippen molar-refractivity contribution in [2.45, 2.75) is 152 Å². The van der Waals surface area contributed by atoms with Crippen LogP contribution in [0.25, 0.3) is 0 Å². The lowest BCUT2D eigenvalue weighted by Gasteiger charge is -2.64. The number of hydrogen-bond acceptors (Lipinski definition) is 13. The highest BCUT2D eigenvalue weighted by atomic mass is 16.7. The van der Waals surface area contributed by atoms with E-state index in [0.717, 1.165) is 63.4 Å². The summed E-state index contributed by atoms with van der Waals surface area (Å²) in [5.74, 6) is 0.825. The topological polar surface area (TPSA) is 205 Å². The van der Waals surface area contributed by atoms with Crippen LogP contribution in [0.4, 0.5) is 0 Å². The van der Waals surface area contributed by atoms with Crippen LogP contribution in [0, 0.1) is 34.5 Å². The van der Waals surface area contributed by atoms with Crippen LogP contribution >= 0.6 is 0 Å². The highest BCUT2D eigenvalue weighted by Crippen LogP contribution is 2.70. The smallest absolute Gasteiger partial charge is 0.331 e. The fourth-order valence-corrected chi connectivity index (χ4v) is 11.3. The number of carbonyl (C=O) groups excluding carboxylic acids is 1. The zero-order chi connectivity index (χ0) is 34.3. The molecule has 4 saturated carbocycles. The number of fused-ring (bicyclic) bond motifs is 5. The first-order valence-corrected chi connectivity index (χ1v) is 17.9. The molecule has 18 atom stereocenters. The molecular formula is C35H54O13. The fourth-order valence-electron chi connectivity index (χ4n) is 11.3. The summed E-state index contributed by atoms with van der Waals surface area (Å²) in [6.45, 7) is 5.97. The van der Waals surface area contributed by atoms with Gasteiger partial charge >= 0.3 is 5.97 Å². The third-order valence-electron chi connectivity index (χ3n) is 14.2. The first-order chi connectivity index (χ1) is 22.7. The molecule has 3 heterocycles. The summed E-state index contributed by atoms with van der Waals surface area (Å²) >= 11 is 0. The summed E-state index contributed by atoms with van der Waals surface area (Å²) in [4.78, 5) is 11.9. The molecular weight excluding hydrogens is 628 g/mol. The molecule has 0 spiro atoms. The first-order valence-electron chi connectivity index (χ1n) is 17.9. The zero-order valence-corrected chi connectivity index (χ0v) is 28.1. The zero-order valence-electron chi connectivity index (χ0n) is 28.1. The molecule has 48 heavy (non-hydrogen) atoms. The predicted octanol–water partition coefficient (Wildman–Crippen LogP) is 0.280. The Hall–Kier alpha value is -1.23. The van der Waals surface area contributed by atoms with E-state index in [2.05, 4.69) is 13.8 Å². The van der Waals surface area contributed by atoms with Crippen LogP contribution < -0.4 is 0 Å². The van der Waals surface area contributed by atoms with Crippen molar-refractivity contribution in [1.82, 2.24) is 0 Å². The van der Waals surface area contributed by atoms with Crippen molar-refractivity contribution in [2.75, 3.05) is 13.2 Å². The van der Waals surface area contributed by atoms with E-state index < -0.39 is 73.6 Å². The molecule has 0 aromatic rings. The van der Waals surface area contributed by atoms with Crippen molar-refractivity contribution in [3.63, 3.8) is 0 Å². The number of esters is 1. The highest BCUT2D eigenvalue weighted by Gasteiger charge is 2.68. The van der Waals surface area contributed by atoms with Crippen molar-refractivity contribution >= 4 is 5.97 Å². The van der Waals surface area contributed by atoms with Gasteiger partial charge in [-0.15, -0.1) is 0 Å². The number of rotatable bonds is 6. The molecule has 13 nitrogen and oxygen atoms in total. The first kappa shape index (κ1) is 35.2. The summed E-state index contributed by atoms with van der Waals surface area (Å²) in [6, 6.07) is 0. The number of hydrogen-bond donors (Lipinski definition) is 7. The van der Waals surface area contributed by atoms with Crippen LogP contribution in [-0.2, 0) is 28.5 Å². The Balaban J connectivity index is 0.977. The van der Waals surface area contributed by atoms with Crippen LogP contribution in [-0.4, -0.2) is 128 Å².